The second-order valence-electron chi connectivity index (χ2n) is 7.29. The summed E-state index contributed by atoms with van der Waals surface area (Å²) < 4.78 is 5.30. The van der Waals surface area contributed by atoms with Gasteiger partial charge in [0.1, 0.15) is 10.8 Å². The van der Waals surface area contributed by atoms with Crippen molar-refractivity contribution >= 4 is 28.8 Å². The highest BCUT2D eigenvalue weighted by Crippen LogP contribution is 2.17. The van der Waals surface area contributed by atoms with E-state index in [-0.39, 0.29) is 17.9 Å². The van der Waals surface area contributed by atoms with Gasteiger partial charge in [0.2, 0.25) is 5.01 Å². The Morgan fingerprint density at radius 3 is 2.45 bits per heavy atom. The monoisotopic (exact) mass is 412 g/mol. The maximum Gasteiger partial charge on any atom is 0.286 e. The number of hydrogen-bond donors (Lipinski definition) is 2. The van der Waals surface area contributed by atoms with Crippen LogP contribution in [0.15, 0.2) is 47.1 Å². The number of carbonyl (C=O) groups excluding carboxylic acids is 2. The van der Waals surface area contributed by atoms with Gasteiger partial charge in [-0.1, -0.05) is 25.2 Å². The number of aromatic nitrogens is 2. The summed E-state index contributed by atoms with van der Waals surface area (Å²) in [7, 11) is 0. The van der Waals surface area contributed by atoms with Crippen LogP contribution in [0, 0.1) is 5.92 Å². The topological polar surface area (TPSA) is 97.1 Å². The molecule has 0 spiro atoms. The van der Waals surface area contributed by atoms with Crippen molar-refractivity contribution in [3.8, 4) is 0 Å². The van der Waals surface area contributed by atoms with Crippen molar-refractivity contribution in [1.82, 2.24) is 15.5 Å². The number of nitrogens with zero attached hydrogens (tertiary/aromatic N) is 2. The van der Waals surface area contributed by atoms with Gasteiger partial charge in [-0.25, -0.2) is 0 Å². The molecule has 2 amide bonds. The first-order chi connectivity index (χ1) is 13.9. The zero-order valence-electron chi connectivity index (χ0n) is 16.6. The van der Waals surface area contributed by atoms with Crippen LogP contribution in [0.25, 0.3) is 0 Å². The molecular formula is C21H24N4O3S. The summed E-state index contributed by atoms with van der Waals surface area (Å²) in [6, 6.07) is 10.4. The Morgan fingerprint density at radius 2 is 1.79 bits per heavy atom. The molecule has 29 heavy (non-hydrogen) atoms. The van der Waals surface area contributed by atoms with Crippen molar-refractivity contribution in [3.05, 3.63) is 64.0 Å². The smallest absolute Gasteiger partial charge is 0.286 e. The Kier molecular flexibility index (Phi) is 6.77. The molecule has 0 aliphatic heterocycles. The third-order valence-electron chi connectivity index (χ3n) is 4.11. The molecule has 0 aliphatic carbocycles. The van der Waals surface area contributed by atoms with Gasteiger partial charge in [-0.05, 0) is 49.2 Å². The zero-order valence-corrected chi connectivity index (χ0v) is 17.5. The molecule has 152 valence electrons. The van der Waals surface area contributed by atoms with E-state index in [9.17, 15) is 9.59 Å². The summed E-state index contributed by atoms with van der Waals surface area (Å²) in [4.78, 5) is 24.7. The zero-order chi connectivity index (χ0) is 20.8. The normalized spacial score (nSPS) is 12.0. The fourth-order valence-corrected chi connectivity index (χ4v) is 3.70. The van der Waals surface area contributed by atoms with Crippen molar-refractivity contribution in [2.45, 2.75) is 39.7 Å². The van der Waals surface area contributed by atoms with Crippen molar-refractivity contribution in [2.24, 2.45) is 5.92 Å². The van der Waals surface area contributed by atoms with Crippen molar-refractivity contribution in [2.75, 3.05) is 5.32 Å². The van der Waals surface area contributed by atoms with Gasteiger partial charge < -0.3 is 15.1 Å². The molecule has 3 rings (SSSR count). The van der Waals surface area contributed by atoms with Crippen LogP contribution in [0.1, 0.15) is 51.7 Å². The Balaban J connectivity index is 1.54. The van der Waals surface area contributed by atoms with Crippen molar-refractivity contribution in [3.63, 3.8) is 0 Å². The molecule has 0 aliphatic rings. The van der Waals surface area contributed by atoms with E-state index < -0.39 is 0 Å². The molecule has 0 bridgehead atoms. The molecular weight excluding hydrogens is 388 g/mol. The predicted octanol–water partition coefficient (Wildman–Crippen LogP) is 3.94. The number of carbonyl (C=O) groups is 2. The molecule has 2 heterocycles. The van der Waals surface area contributed by atoms with Crippen LogP contribution in [0.5, 0.6) is 0 Å². The molecule has 0 saturated heterocycles. The van der Waals surface area contributed by atoms with Crippen LogP contribution in [-0.2, 0) is 12.8 Å². The summed E-state index contributed by atoms with van der Waals surface area (Å²) in [5.41, 5.74) is 1.11. The number of anilines is 1. The average molecular weight is 413 g/mol. The van der Waals surface area contributed by atoms with Crippen LogP contribution in [0.3, 0.4) is 0 Å². The lowest BCUT2D eigenvalue weighted by molar-refractivity contribution is 0.0938. The van der Waals surface area contributed by atoms with Crippen LogP contribution in [0.2, 0.25) is 0 Å². The van der Waals surface area contributed by atoms with Gasteiger partial charge in [-0.2, -0.15) is 0 Å². The third-order valence-corrected chi connectivity index (χ3v) is 5.06. The lowest BCUT2D eigenvalue weighted by Gasteiger charge is -2.13. The lowest BCUT2D eigenvalue weighted by Crippen LogP contribution is -2.33. The van der Waals surface area contributed by atoms with Gasteiger partial charge in [-0.15, -0.1) is 10.2 Å². The first kappa shape index (κ1) is 20.7. The molecule has 0 unspecified atom stereocenters. The Bertz CT molecular complexity index is 949. The molecule has 1 aromatic carbocycles. The van der Waals surface area contributed by atoms with Gasteiger partial charge in [0.25, 0.3) is 11.8 Å². The fraction of sp³-hybridized carbons (Fsp3) is 0.333. The Morgan fingerprint density at radius 1 is 1.03 bits per heavy atom. The van der Waals surface area contributed by atoms with Gasteiger partial charge >= 0.3 is 0 Å². The third kappa shape index (κ3) is 5.99. The van der Waals surface area contributed by atoms with Gasteiger partial charge in [0, 0.05) is 30.1 Å². The van der Waals surface area contributed by atoms with E-state index in [0.717, 1.165) is 17.2 Å². The van der Waals surface area contributed by atoms with Gasteiger partial charge in [0.15, 0.2) is 0 Å². The van der Waals surface area contributed by atoms with Crippen molar-refractivity contribution in [1.29, 1.82) is 0 Å². The van der Waals surface area contributed by atoms with Crippen molar-refractivity contribution < 1.29 is 14.0 Å². The molecule has 7 nitrogen and oxygen atoms in total. The minimum absolute atomic E-state index is 0.0644. The summed E-state index contributed by atoms with van der Waals surface area (Å²) in [5.74, 6) is 0.801. The van der Waals surface area contributed by atoms with E-state index in [2.05, 4.69) is 34.7 Å². The fourth-order valence-electron chi connectivity index (χ4n) is 2.76. The standard InChI is InChI=1S/C21H24N4O3S/c1-13(2)11-18-24-25-21(29-18)20(27)23-16-8-6-15(7-9-16)19(26)22-14(3)12-17-5-4-10-28-17/h4-10,13-14H,11-12H2,1-3H3,(H,22,26)(H,23,27)/t14-/m1/s1. The van der Waals surface area contributed by atoms with Gasteiger partial charge in [0.05, 0.1) is 6.26 Å². The second kappa shape index (κ2) is 9.47. The largest absolute Gasteiger partial charge is 0.469 e. The van der Waals surface area contributed by atoms with Gasteiger partial charge in [-0.3, -0.25) is 9.59 Å². The summed E-state index contributed by atoms with van der Waals surface area (Å²) in [6.45, 7) is 6.11. The van der Waals surface area contributed by atoms with E-state index in [4.69, 9.17) is 4.42 Å². The predicted molar refractivity (Wildman–Crippen MR) is 112 cm³/mol. The highest BCUT2D eigenvalue weighted by Gasteiger charge is 2.15. The van der Waals surface area contributed by atoms with Crippen LogP contribution in [-0.4, -0.2) is 28.1 Å². The van der Waals surface area contributed by atoms with E-state index in [1.807, 2.05) is 19.1 Å². The quantitative estimate of drug-likeness (QED) is 0.584. The van der Waals surface area contributed by atoms with E-state index in [0.29, 0.717) is 28.6 Å². The Labute approximate surface area is 173 Å². The highest BCUT2D eigenvalue weighted by molar-refractivity contribution is 7.13. The molecule has 8 heteroatoms. The van der Waals surface area contributed by atoms with Crippen LogP contribution >= 0.6 is 11.3 Å². The number of rotatable bonds is 8. The second-order valence-corrected chi connectivity index (χ2v) is 8.35. The lowest BCUT2D eigenvalue weighted by atomic mass is 10.1. The SMILES string of the molecule is CC(C)Cc1nnc(C(=O)Nc2ccc(C(=O)N[C@H](C)Cc3ccco3)cc2)s1. The molecule has 0 saturated carbocycles. The number of amides is 2. The number of benzene rings is 1. The summed E-state index contributed by atoms with van der Waals surface area (Å²) in [5, 5.41) is 14.9. The average Bonchev–Trinajstić information content (AvgIpc) is 3.33. The minimum atomic E-state index is -0.304. The molecule has 2 N–H and O–H groups in total. The number of nitrogens with one attached hydrogen (secondary N) is 2. The molecule has 0 radical (unpaired) electrons. The first-order valence-corrected chi connectivity index (χ1v) is 10.3. The van der Waals surface area contributed by atoms with Crippen LogP contribution in [0.4, 0.5) is 5.69 Å². The summed E-state index contributed by atoms with van der Waals surface area (Å²) >= 11 is 1.30. The maximum atomic E-state index is 12.4. The molecule has 2 aromatic heterocycles. The first-order valence-electron chi connectivity index (χ1n) is 9.47. The number of furan rings is 1. The molecule has 0 fully saturated rings. The van der Waals surface area contributed by atoms with Crippen LogP contribution < -0.4 is 10.6 Å². The summed E-state index contributed by atoms with van der Waals surface area (Å²) in [6.07, 6.45) is 3.03. The number of hydrogen-bond acceptors (Lipinski definition) is 6. The highest BCUT2D eigenvalue weighted by atomic mass is 32.1. The van der Waals surface area contributed by atoms with E-state index in [1.165, 1.54) is 11.3 Å². The minimum Gasteiger partial charge on any atom is -0.469 e. The maximum absolute atomic E-state index is 12.4. The molecule has 3 aromatic rings. The van der Waals surface area contributed by atoms with E-state index >= 15 is 0 Å². The Hall–Kier alpha value is -3.00. The van der Waals surface area contributed by atoms with E-state index in [1.54, 1.807) is 30.5 Å². The molecule has 1 atom stereocenters.